The first-order valence-corrected chi connectivity index (χ1v) is 7.45. The van der Waals surface area contributed by atoms with Crippen LogP contribution in [0, 0.1) is 5.92 Å². The van der Waals surface area contributed by atoms with Crippen LogP contribution < -0.4 is 16.8 Å². The first-order chi connectivity index (χ1) is 8.08. The molecule has 0 spiro atoms. The van der Waals surface area contributed by atoms with Crippen molar-refractivity contribution < 1.29 is 0 Å². The zero-order chi connectivity index (χ0) is 14.0. The minimum Gasteiger partial charge on any atom is -0.313 e. The molecule has 0 bridgehead atoms. The third kappa shape index (κ3) is 4.52. The van der Waals surface area contributed by atoms with Crippen LogP contribution in [0.2, 0.25) is 0 Å². The van der Waals surface area contributed by atoms with Crippen LogP contribution in [-0.4, -0.2) is 16.7 Å². The lowest BCUT2D eigenvalue weighted by molar-refractivity contribution is 0.0743. The summed E-state index contributed by atoms with van der Waals surface area (Å²) >= 11 is 0. The fourth-order valence-electron chi connectivity index (χ4n) is 3.59. The van der Waals surface area contributed by atoms with E-state index in [-0.39, 0.29) is 11.1 Å². The molecule has 18 heavy (non-hydrogen) atoms. The maximum atomic E-state index is 6.42. The summed E-state index contributed by atoms with van der Waals surface area (Å²) in [5.74, 6) is 0.403. The van der Waals surface area contributed by atoms with Gasteiger partial charge in [0.05, 0.1) is 5.66 Å². The van der Waals surface area contributed by atoms with Crippen molar-refractivity contribution in [2.24, 2.45) is 17.4 Å². The topological polar surface area (TPSA) is 64.1 Å². The van der Waals surface area contributed by atoms with Gasteiger partial charge in [-0.05, 0) is 52.9 Å². The minimum absolute atomic E-state index is 0.126. The van der Waals surface area contributed by atoms with Gasteiger partial charge in [0.25, 0.3) is 0 Å². The highest BCUT2D eigenvalue weighted by molar-refractivity contribution is 5.02. The van der Waals surface area contributed by atoms with Crippen molar-refractivity contribution in [2.75, 3.05) is 0 Å². The van der Waals surface area contributed by atoms with Gasteiger partial charge in [-0.1, -0.05) is 26.2 Å². The van der Waals surface area contributed by atoms with Crippen LogP contribution in [0.1, 0.15) is 73.1 Å². The van der Waals surface area contributed by atoms with Gasteiger partial charge in [0.2, 0.25) is 0 Å². The first kappa shape index (κ1) is 15.9. The molecular formula is C15H33N3. The number of nitrogens with two attached hydrogens (primary N) is 2. The molecule has 1 fully saturated rings. The summed E-state index contributed by atoms with van der Waals surface area (Å²) in [7, 11) is 0. The number of hydrogen-bond acceptors (Lipinski definition) is 3. The third-order valence-electron chi connectivity index (χ3n) is 4.16. The average molecular weight is 255 g/mol. The quantitative estimate of drug-likeness (QED) is 0.523. The molecule has 0 aromatic rings. The number of piperidine rings is 1. The summed E-state index contributed by atoms with van der Waals surface area (Å²) in [6, 6.07) is 0. The first-order valence-electron chi connectivity index (χ1n) is 7.45. The van der Waals surface area contributed by atoms with Crippen LogP contribution in [0.5, 0.6) is 0 Å². The highest BCUT2D eigenvalue weighted by Crippen LogP contribution is 2.37. The van der Waals surface area contributed by atoms with Crippen molar-refractivity contribution in [3.05, 3.63) is 0 Å². The Bertz CT molecular complexity index is 253. The molecule has 0 radical (unpaired) electrons. The molecule has 3 heteroatoms. The smallest absolute Gasteiger partial charge is 0.0666 e. The van der Waals surface area contributed by atoms with Gasteiger partial charge in [0.15, 0.2) is 0 Å². The van der Waals surface area contributed by atoms with E-state index in [9.17, 15) is 0 Å². The highest BCUT2D eigenvalue weighted by Gasteiger charge is 2.43. The zero-order valence-corrected chi connectivity index (χ0v) is 13.0. The Balaban J connectivity index is 2.68. The summed E-state index contributed by atoms with van der Waals surface area (Å²) < 4.78 is 0. The molecule has 0 amide bonds. The molecule has 3 nitrogen and oxygen atoms in total. The van der Waals surface area contributed by atoms with Gasteiger partial charge in [-0.3, -0.25) is 0 Å². The predicted octanol–water partition coefficient (Wildman–Crippen LogP) is 2.74. The van der Waals surface area contributed by atoms with Gasteiger partial charge in [-0.15, -0.1) is 0 Å². The summed E-state index contributed by atoms with van der Waals surface area (Å²) in [5, 5.41) is 3.69. The van der Waals surface area contributed by atoms with E-state index in [1.807, 2.05) is 0 Å². The fourth-order valence-corrected chi connectivity index (χ4v) is 3.59. The van der Waals surface area contributed by atoms with Gasteiger partial charge < -0.3 is 16.8 Å². The predicted molar refractivity (Wildman–Crippen MR) is 79.3 cm³/mol. The van der Waals surface area contributed by atoms with Crippen molar-refractivity contribution in [3.63, 3.8) is 0 Å². The molecule has 5 N–H and O–H groups in total. The number of rotatable bonds is 5. The van der Waals surface area contributed by atoms with Crippen molar-refractivity contribution >= 4 is 0 Å². The molecule has 0 saturated carbocycles. The largest absolute Gasteiger partial charge is 0.313 e. The molecule has 1 rings (SSSR count). The summed E-state index contributed by atoms with van der Waals surface area (Å²) in [6.45, 7) is 11.2. The Labute approximate surface area is 113 Å². The monoisotopic (exact) mass is 255 g/mol. The number of nitrogens with one attached hydrogen (secondary N) is 1. The molecular weight excluding hydrogens is 222 g/mol. The van der Waals surface area contributed by atoms with Gasteiger partial charge in [0, 0.05) is 11.1 Å². The minimum atomic E-state index is -0.508. The van der Waals surface area contributed by atoms with E-state index >= 15 is 0 Å². The molecule has 0 atom stereocenters. The standard InChI is InChI=1S/C15H33N3/c1-6-7-8-9-15(16,17)12-10-13(2,3)18-14(4,5)11-12/h12,18H,6-11,16-17H2,1-5H3. The fraction of sp³-hybridized carbons (Fsp3) is 1.00. The lowest BCUT2D eigenvalue weighted by Gasteiger charge is -2.51. The van der Waals surface area contributed by atoms with Crippen LogP contribution in [-0.2, 0) is 0 Å². The normalized spacial score (nSPS) is 24.2. The maximum absolute atomic E-state index is 6.42. The molecule has 1 saturated heterocycles. The van der Waals surface area contributed by atoms with Crippen LogP contribution in [0.25, 0.3) is 0 Å². The Kier molecular flexibility index (Phi) is 4.85. The molecule has 0 aliphatic carbocycles. The molecule has 0 aromatic carbocycles. The second kappa shape index (κ2) is 5.48. The highest BCUT2D eigenvalue weighted by atomic mass is 15.1. The van der Waals surface area contributed by atoms with E-state index in [0.29, 0.717) is 5.92 Å². The van der Waals surface area contributed by atoms with Gasteiger partial charge >= 0.3 is 0 Å². The van der Waals surface area contributed by atoms with Crippen molar-refractivity contribution in [1.82, 2.24) is 5.32 Å². The van der Waals surface area contributed by atoms with Crippen LogP contribution in [0.3, 0.4) is 0 Å². The molecule has 108 valence electrons. The SMILES string of the molecule is CCCCCC(N)(N)C1CC(C)(C)NC(C)(C)C1. The average Bonchev–Trinajstić information content (AvgIpc) is 2.12. The van der Waals surface area contributed by atoms with E-state index in [1.54, 1.807) is 0 Å². The molecule has 0 aromatic heterocycles. The molecule has 0 unspecified atom stereocenters. The van der Waals surface area contributed by atoms with Crippen LogP contribution >= 0.6 is 0 Å². The molecule has 1 heterocycles. The summed E-state index contributed by atoms with van der Waals surface area (Å²) in [4.78, 5) is 0. The Morgan fingerprint density at radius 2 is 1.56 bits per heavy atom. The van der Waals surface area contributed by atoms with Gasteiger partial charge in [-0.25, -0.2) is 0 Å². The molecule has 1 aliphatic heterocycles. The van der Waals surface area contributed by atoms with Gasteiger partial charge in [-0.2, -0.15) is 0 Å². The van der Waals surface area contributed by atoms with Gasteiger partial charge in [0.1, 0.15) is 0 Å². The number of hydrogen-bond donors (Lipinski definition) is 3. The number of unbranched alkanes of at least 4 members (excludes halogenated alkanes) is 2. The third-order valence-corrected chi connectivity index (χ3v) is 4.16. The summed E-state index contributed by atoms with van der Waals surface area (Å²) in [5.41, 5.74) is 12.6. The second-order valence-electron chi connectivity index (χ2n) is 7.57. The molecule has 1 aliphatic rings. The van der Waals surface area contributed by atoms with E-state index in [0.717, 1.165) is 25.7 Å². The van der Waals surface area contributed by atoms with Crippen LogP contribution in [0.15, 0.2) is 0 Å². The Morgan fingerprint density at radius 3 is 2.00 bits per heavy atom. The second-order valence-corrected chi connectivity index (χ2v) is 7.57. The van der Waals surface area contributed by atoms with E-state index < -0.39 is 5.66 Å². The lowest BCUT2D eigenvalue weighted by Crippen LogP contribution is -2.66. The van der Waals surface area contributed by atoms with Crippen LogP contribution in [0.4, 0.5) is 0 Å². The lowest BCUT2D eigenvalue weighted by atomic mass is 9.70. The maximum Gasteiger partial charge on any atom is 0.0666 e. The summed E-state index contributed by atoms with van der Waals surface area (Å²) in [6.07, 6.45) is 6.67. The van der Waals surface area contributed by atoms with E-state index in [2.05, 4.69) is 39.9 Å². The Hall–Kier alpha value is -0.120. The Morgan fingerprint density at radius 1 is 1.06 bits per heavy atom. The zero-order valence-electron chi connectivity index (χ0n) is 13.0. The van der Waals surface area contributed by atoms with E-state index in [1.165, 1.54) is 12.8 Å². The van der Waals surface area contributed by atoms with Crippen molar-refractivity contribution in [2.45, 2.75) is 89.9 Å². The van der Waals surface area contributed by atoms with E-state index in [4.69, 9.17) is 11.5 Å². The van der Waals surface area contributed by atoms with Crippen molar-refractivity contribution in [1.29, 1.82) is 0 Å². The van der Waals surface area contributed by atoms with Crippen molar-refractivity contribution in [3.8, 4) is 0 Å².